The van der Waals surface area contributed by atoms with Crippen molar-refractivity contribution >= 4 is 60.1 Å². The highest BCUT2D eigenvalue weighted by atomic mass is 35.5. The van der Waals surface area contributed by atoms with Gasteiger partial charge in [0.05, 0.1) is 21.0 Å². The first kappa shape index (κ1) is 28.9. The number of benzene rings is 2. The normalized spacial score (nSPS) is 13.1. The summed E-state index contributed by atoms with van der Waals surface area (Å²) in [6, 6.07) is 8.12. The van der Waals surface area contributed by atoms with E-state index >= 15 is 0 Å². The molecule has 0 aliphatic carbocycles. The SMILES string of the molecule is [B]c1cc(/C=C/C(c2cc(Cl)c(Cl)c(Cl)c2)C(F)(F)F)ccc1C(=O)NCc1ccc(C(F)(F)F)nc1. The molecule has 1 N–H and O–H groups in total. The number of amides is 1. The summed E-state index contributed by atoms with van der Waals surface area (Å²) in [5.41, 5.74) is -0.677. The summed E-state index contributed by atoms with van der Waals surface area (Å²) in [6.07, 6.45) is -6.20. The molecule has 3 rings (SSSR count). The molecular formula is C24H14BCl3F6N2O. The van der Waals surface area contributed by atoms with Crippen LogP contribution in [0.2, 0.25) is 15.1 Å². The third-order valence-corrected chi connectivity index (χ3v) is 6.28. The highest BCUT2D eigenvalue weighted by molar-refractivity contribution is 6.48. The minimum Gasteiger partial charge on any atom is -0.348 e. The number of pyridine rings is 1. The van der Waals surface area contributed by atoms with Gasteiger partial charge in [0.15, 0.2) is 0 Å². The first-order valence-electron chi connectivity index (χ1n) is 10.3. The smallest absolute Gasteiger partial charge is 0.348 e. The van der Waals surface area contributed by atoms with Crippen LogP contribution >= 0.6 is 34.8 Å². The molecule has 0 aliphatic heterocycles. The highest BCUT2D eigenvalue weighted by Crippen LogP contribution is 2.41. The molecule has 1 unspecified atom stereocenters. The van der Waals surface area contributed by atoms with Crippen LogP contribution in [0, 0.1) is 0 Å². The lowest BCUT2D eigenvalue weighted by atomic mass is 9.88. The number of nitrogens with zero attached hydrogens (tertiary/aromatic N) is 1. The maximum absolute atomic E-state index is 13.7. The molecule has 2 aromatic carbocycles. The number of rotatable bonds is 6. The Morgan fingerprint density at radius 1 is 1.00 bits per heavy atom. The lowest BCUT2D eigenvalue weighted by Crippen LogP contribution is -2.28. The van der Waals surface area contributed by atoms with Gasteiger partial charge in [-0.05, 0) is 41.0 Å². The van der Waals surface area contributed by atoms with Crippen LogP contribution in [0.15, 0.2) is 54.7 Å². The third-order valence-electron chi connectivity index (χ3n) is 5.09. The molecule has 0 fully saturated rings. The number of alkyl halides is 6. The van der Waals surface area contributed by atoms with Gasteiger partial charge >= 0.3 is 12.4 Å². The molecule has 0 saturated heterocycles. The molecule has 37 heavy (non-hydrogen) atoms. The molecule has 3 nitrogen and oxygen atoms in total. The standard InChI is InChI=1S/C24H14BCl3F6N2O/c25-17-7-12(2-5-16(23(29,30)31)14-8-18(26)21(28)19(27)9-14)1-4-15(17)22(37)36-11-13-3-6-20(35-10-13)24(32,33)34/h1-10,16H,11H2,(H,36,37)/b5-2+. The molecule has 3 aromatic rings. The summed E-state index contributed by atoms with van der Waals surface area (Å²) in [7, 11) is 5.91. The van der Waals surface area contributed by atoms with Crippen molar-refractivity contribution in [1.82, 2.24) is 10.3 Å². The van der Waals surface area contributed by atoms with E-state index in [1.165, 1.54) is 30.3 Å². The molecule has 0 aliphatic rings. The Bertz CT molecular complexity index is 1300. The monoisotopic (exact) mass is 576 g/mol. The fourth-order valence-electron chi connectivity index (χ4n) is 3.24. The van der Waals surface area contributed by atoms with E-state index in [-0.39, 0.29) is 43.8 Å². The Balaban J connectivity index is 1.74. The average Bonchev–Trinajstić information content (AvgIpc) is 2.80. The summed E-state index contributed by atoms with van der Waals surface area (Å²) in [4.78, 5) is 15.8. The van der Waals surface area contributed by atoms with E-state index < -0.39 is 29.9 Å². The van der Waals surface area contributed by atoms with Gasteiger partial charge in [0.2, 0.25) is 0 Å². The van der Waals surface area contributed by atoms with Gasteiger partial charge in [-0.1, -0.05) is 70.6 Å². The van der Waals surface area contributed by atoms with E-state index in [4.69, 9.17) is 42.6 Å². The quantitative estimate of drug-likeness (QED) is 0.192. The number of carbonyl (C=O) groups excluding carboxylic acids is 1. The number of hydrogen-bond donors (Lipinski definition) is 1. The van der Waals surface area contributed by atoms with Crippen molar-refractivity contribution in [2.24, 2.45) is 0 Å². The van der Waals surface area contributed by atoms with E-state index in [0.717, 1.165) is 30.5 Å². The van der Waals surface area contributed by atoms with E-state index in [1.54, 1.807) is 0 Å². The number of aromatic nitrogens is 1. The van der Waals surface area contributed by atoms with Crippen molar-refractivity contribution in [3.63, 3.8) is 0 Å². The molecule has 1 heterocycles. The molecule has 0 spiro atoms. The third kappa shape index (κ3) is 7.43. The number of halogens is 9. The summed E-state index contributed by atoms with van der Waals surface area (Å²) >= 11 is 17.6. The van der Waals surface area contributed by atoms with Gasteiger partial charge in [-0.15, -0.1) is 0 Å². The van der Waals surface area contributed by atoms with Crippen molar-refractivity contribution < 1.29 is 31.1 Å². The lowest BCUT2D eigenvalue weighted by Gasteiger charge is -2.18. The summed E-state index contributed by atoms with van der Waals surface area (Å²) < 4.78 is 79.0. The van der Waals surface area contributed by atoms with Gasteiger partial charge in [0.1, 0.15) is 13.5 Å². The molecule has 1 amide bonds. The second-order valence-corrected chi connectivity index (χ2v) is 8.95. The number of allylic oxidation sites excluding steroid dienone is 1. The Morgan fingerprint density at radius 2 is 1.65 bits per heavy atom. The van der Waals surface area contributed by atoms with Crippen molar-refractivity contribution in [3.05, 3.63) is 97.8 Å². The molecule has 13 heteroatoms. The average molecular weight is 578 g/mol. The second kappa shape index (κ2) is 11.4. The predicted molar refractivity (Wildman–Crippen MR) is 132 cm³/mol. The van der Waals surface area contributed by atoms with Crippen LogP contribution < -0.4 is 10.8 Å². The van der Waals surface area contributed by atoms with E-state index in [1.807, 2.05) is 0 Å². The van der Waals surface area contributed by atoms with Gasteiger partial charge in [0, 0.05) is 18.3 Å². The van der Waals surface area contributed by atoms with Crippen molar-refractivity contribution in [1.29, 1.82) is 0 Å². The van der Waals surface area contributed by atoms with Crippen molar-refractivity contribution in [3.8, 4) is 0 Å². The van der Waals surface area contributed by atoms with Crippen LogP contribution in [-0.2, 0) is 12.7 Å². The van der Waals surface area contributed by atoms with Gasteiger partial charge in [-0.3, -0.25) is 9.78 Å². The molecule has 192 valence electrons. The van der Waals surface area contributed by atoms with Gasteiger partial charge in [0.25, 0.3) is 5.91 Å². The minimum absolute atomic E-state index is 0.0219. The zero-order valence-corrected chi connectivity index (χ0v) is 20.7. The van der Waals surface area contributed by atoms with E-state index in [9.17, 15) is 31.1 Å². The van der Waals surface area contributed by atoms with Crippen LogP contribution in [0.3, 0.4) is 0 Å². The van der Waals surface area contributed by atoms with Gasteiger partial charge in [-0.25, -0.2) is 0 Å². The first-order valence-corrected chi connectivity index (χ1v) is 11.4. The first-order chi connectivity index (χ1) is 17.2. The van der Waals surface area contributed by atoms with Gasteiger partial charge in [-0.2, -0.15) is 26.3 Å². The maximum Gasteiger partial charge on any atom is 0.433 e. The molecule has 2 radical (unpaired) electrons. The predicted octanol–water partition coefficient (Wildman–Crippen LogP) is 7.14. The Kier molecular flexibility index (Phi) is 8.87. The topological polar surface area (TPSA) is 42.0 Å². The van der Waals surface area contributed by atoms with E-state index in [0.29, 0.717) is 5.56 Å². The van der Waals surface area contributed by atoms with Crippen LogP contribution in [0.4, 0.5) is 26.3 Å². The van der Waals surface area contributed by atoms with Crippen molar-refractivity contribution in [2.75, 3.05) is 0 Å². The summed E-state index contributed by atoms with van der Waals surface area (Å²) in [5.74, 6) is -2.69. The number of hydrogen-bond acceptors (Lipinski definition) is 2. The molecule has 1 aromatic heterocycles. The molecule has 0 bridgehead atoms. The lowest BCUT2D eigenvalue weighted by molar-refractivity contribution is -0.141. The fourth-order valence-corrected chi connectivity index (χ4v) is 3.85. The Hall–Kier alpha value is -2.69. The zero-order valence-electron chi connectivity index (χ0n) is 18.4. The maximum atomic E-state index is 13.7. The minimum atomic E-state index is -4.67. The Labute approximate surface area is 223 Å². The largest absolute Gasteiger partial charge is 0.433 e. The molecule has 1 atom stereocenters. The van der Waals surface area contributed by atoms with Crippen molar-refractivity contribution in [2.45, 2.75) is 24.8 Å². The van der Waals surface area contributed by atoms with Crippen LogP contribution in [-0.4, -0.2) is 24.9 Å². The zero-order chi connectivity index (χ0) is 27.5. The highest BCUT2D eigenvalue weighted by Gasteiger charge is 2.39. The van der Waals surface area contributed by atoms with Crippen LogP contribution in [0.25, 0.3) is 6.08 Å². The van der Waals surface area contributed by atoms with Crippen LogP contribution in [0.1, 0.15) is 38.7 Å². The van der Waals surface area contributed by atoms with Gasteiger partial charge < -0.3 is 5.32 Å². The summed E-state index contributed by atoms with van der Waals surface area (Å²) in [6.45, 7) is -0.120. The fraction of sp³-hybridized carbons (Fsp3) is 0.167. The van der Waals surface area contributed by atoms with E-state index in [2.05, 4.69) is 10.3 Å². The van der Waals surface area contributed by atoms with Crippen LogP contribution in [0.5, 0.6) is 0 Å². The number of carbonyl (C=O) groups is 1. The summed E-state index contributed by atoms with van der Waals surface area (Å²) in [5, 5.41) is 2.18. The molecule has 0 saturated carbocycles. The second-order valence-electron chi connectivity index (χ2n) is 7.76. The molecular weight excluding hydrogens is 563 g/mol. The Morgan fingerprint density at radius 3 is 2.16 bits per heavy atom. The number of nitrogens with one attached hydrogen (secondary N) is 1.